The van der Waals surface area contributed by atoms with Crippen LogP contribution in [0, 0.1) is 0 Å². The Morgan fingerprint density at radius 1 is 1.40 bits per heavy atom. The Hall–Kier alpha value is -1.93. The molecule has 7 nitrogen and oxygen atoms in total. The number of carboxylic acids is 1. The van der Waals surface area contributed by atoms with E-state index >= 15 is 0 Å². The van der Waals surface area contributed by atoms with Crippen LogP contribution >= 0.6 is 0 Å². The number of nitrogens with zero attached hydrogens (tertiary/aromatic N) is 2. The Morgan fingerprint density at radius 3 is 2.27 bits per heavy atom. The Morgan fingerprint density at radius 2 is 1.93 bits per heavy atom. The van der Waals surface area contributed by atoms with Crippen molar-refractivity contribution in [2.45, 2.75) is 0 Å². The normalized spacial score (nSPS) is 11.2. The molecule has 5 N–H and O–H groups in total. The van der Waals surface area contributed by atoms with Crippen LogP contribution in [0.5, 0.6) is 0 Å². The van der Waals surface area contributed by atoms with E-state index in [-0.39, 0.29) is 16.9 Å². The summed E-state index contributed by atoms with van der Waals surface area (Å²) >= 11 is 0. The highest BCUT2D eigenvalue weighted by Crippen LogP contribution is 2.05. The fourth-order valence-electron chi connectivity index (χ4n) is 0.852. The standard InChI is InChI=1S/C7H8BN3O4/c9-1-5(7(12)13)6-10-2-4(3-11-6)8(14)15/h1-3,14-15H,9H2,(H,12,13)/b5-1+. The average molecular weight is 209 g/mol. The van der Waals surface area contributed by atoms with Gasteiger partial charge >= 0.3 is 13.1 Å². The highest BCUT2D eigenvalue weighted by molar-refractivity contribution is 6.58. The summed E-state index contributed by atoms with van der Waals surface area (Å²) in [4.78, 5) is 17.9. The first kappa shape index (κ1) is 11.2. The molecular weight excluding hydrogens is 201 g/mol. The lowest BCUT2D eigenvalue weighted by Crippen LogP contribution is -2.31. The minimum atomic E-state index is -1.69. The van der Waals surface area contributed by atoms with Gasteiger partial charge in [-0.05, 0) is 0 Å². The second-order valence-corrected chi connectivity index (χ2v) is 2.60. The number of carboxylic acid groups (broad SMARTS) is 1. The first-order valence-electron chi connectivity index (χ1n) is 3.90. The maximum atomic E-state index is 10.6. The molecule has 0 saturated heterocycles. The number of nitrogens with two attached hydrogens (primary N) is 1. The zero-order valence-electron chi connectivity index (χ0n) is 7.53. The minimum Gasteiger partial charge on any atom is -0.477 e. The number of carbonyl (C=O) groups is 1. The molecule has 0 bridgehead atoms. The molecule has 0 atom stereocenters. The molecule has 0 unspecified atom stereocenters. The van der Waals surface area contributed by atoms with Crippen LogP contribution in [0.15, 0.2) is 18.6 Å². The summed E-state index contributed by atoms with van der Waals surface area (Å²) in [6.07, 6.45) is 3.09. The van der Waals surface area contributed by atoms with Gasteiger partial charge in [0.2, 0.25) is 0 Å². The maximum Gasteiger partial charge on any atom is 0.491 e. The van der Waals surface area contributed by atoms with Gasteiger partial charge in [-0.1, -0.05) is 0 Å². The van der Waals surface area contributed by atoms with Crippen LogP contribution in [-0.4, -0.2) is 38.2 Å². The fourth-order valence-corrected chi connectivity index (χ4v) is 0.852. The average Bonchev–Trinajstić information content (AvgIpc) is 2.19. The summed E-state index contributed by atoms with van der Waals surface area (Å²) in [5.41, 5.74) is 4.90. The van der Waals surface area contributed by atoms with E-state index in [1.807, 2.05) is 0 Å². The van der Waals surface area contributed by atoms with Gasteiger partial charge in [-0.25, -0.2) is 14.8 Å². The molecule has 1 aromatic rings. The lowest BCUT2D eigenvalue weighted by atomic mass is 9.83. The first-order chi connectivity index (χ1) is 7.06. The molecule has 0 fully saturated rings. The molecule has 15 heavy (non-hydrogen) atoms. The van der Waals surface area contributed by atoms with Gasteiger partial charge in [0, 0.05) is 24.1 Å². The summed E-state index contributed by atoms with van der Waals surface area (Å²) in [5.74, 6) is -1.34. The molecule has 0 amide bonds. The van der Waals surface area contributed by atoms with Gasteiger partial charge < -0.3 is 20.9 Å². The Balaban J connectivity index is 3.03. The topological polar surface area (TPSA) is 130 Å². The van der Waals surface area contributed by atoms with Crippen LogP contribution < -0.4 is 11.2 Å². The molecule has 78 valence electrons. The van der Waals surface area contributed by atoms with Crippen LogP contribution in [0.2, 0.25) is 0 Å². The molecule has 0 aliphatic rings. The zero-order chi connectivity index (χ0) is 11.4. The van der Waals surface area contributed by atoms with E-state index in [0.29, 0.717) is 0 Å². The monoisotopic (exact) mass is 209 g/mol. The Labute approximate surface area is 85.1 Å². The largest absolute Gasteiger partial charge is 0.491 e. The third kappa shape index (κ3) is 2.52. The van der Waals surface area contributed by atoms with E-state index in [9.17, 15) is 4.79 Å². The predicted molar refractivity (Wildman–Crippen MR) is 51.7 cm³/mol. The number of hydrogen-bond donors (Lipinski definition) is 4. The van der Waals surface area contributed by atoms with Crippen molar-refractivity contribution in [3.63, 3.8) is 0 Å². The van der Waals surface area contributed by atoms with Crippen LogP contribution in [0.3, 0.4) is 0 Å². The molecule has 0 radical (unpaired) electrons. The molecular formula is C7H8BN3O4. The molecule has 0 saturated carbocycles. The predicted octanol–water partition coefficient (Wildman–Crippen LogP) is -2.46. The smallest absolute Gasteiger partial charge is 0.477 e. The van der Waals surface area contributed by atoms with E-state index < -0.39 is 13.1 Å². The van der Waals surface area contributed by atoms with Crippen molar-refractivity contribution in [2.75, 3.05) is 0 Å². The first-order valence-corrected chi connectivity index (χ1v) is 3.90. The highest BCUT2D eigenvalue weighted by atomic mass is 16.4. The van der Waals surface area contributed by atoms with E-state index in [1.54, 1.807) is 0 Å². The third-order valence-corrected chi connectivity index (χ3v) is 1.61. The molecule has 0 aliphatic heterocycles. The lowest BCUT2D eigenvalue weighted by molar-refractivity contribution is -0.130. The van der Waals surface area contributed by atoms with Crippen LogP contribution in [0.25, 0.3) is 5.57 Å². The van der Waals surface area contributed by atoms with Crippen molar-refractivity contribution < 1.29 is 19.9 Å². The van der Waals surface area contributed by atoms with Gasteiger partial charge in [-0.2, -0.15) is 0 Å². The summed E-state index contributed by atoms with van der Waals surface area (Å²) in [7, 11) is -1.69. The Bertz CT molecular complexity index is 390. The fraction of sp³-hybridized carbons (Fsp3) is 0. The molecule has 1 aromatic heterocycles. The van der Waals surface area contributed by atoms with Crippen molar-refractivity contribution in [3.8, 4) is 0 Å². The SMILES string of the molecule is N/C=C(/C(=O)O)c1ncc(B(O)O)cn1. The van der Waals surface area contributed by atoms with Crippen molar-refractivity contribution in [2.24, 2.45) is 5.73 Å². The van der Waals surface area contributed by atoms with E-state index in [2.05, 4.69) is 9.97 Å². The lowest BCUT2D eigenvalue weighted by Gasteiger charge is -2.01. The van der Waals surface area contributed by atoms with Gasteiger partial charge in [0.1, 0.15) is 5.57 Å². The molecule has 0 spiro atoms. The van der Waals surface area contributed by atoms with Crippen molar-refractivity contribution in [1.29, 1.82) is 0 Å². The van der Waals surface area contributed by atoms with Crippen LogP contribution in [-0.2, 0) is 4.79 Å². The van der Waals surface area contributed by atoms with Gasteiger partial charge in [-0.3, -0.25) is 0 Å². The maximum absolute atomic E-state index is 10.6. The van der Waals surface area contributed by atoms with Gasteiger partial charge in [-0.15, -0.1) is 0 Å². The number of rotatable bonds is 3. The van der Waals surface area contributed by atoms with Crippen molar-refractivity contribution in [3.05, 3.63) is 24.4 Å². The highest BCUT2D eigenvalue weighted by Gasteiger charge is 2.15. The van der Waals surface area contributed by atoms with E-state index in [1.165, 1.54) is 0 Å². The molecule has 1 rings (SSSR count). The Kier molecular flexibility index (Phi) is 3.37. The third-order valence-electron chi connectivity index (χ3n) is 1.61. The van der Waals surface area contributed by atoms with E-state index in [4.69, 9.17) is 20.9 Å². The summed E-state index contributed by atoms with van der Waals surface area (Å²) < 4.78 is 0. The molecule has 8 heteroatoms. The number of aromatic nitrogens is 2. The molecule has 0 aliphatic carbocycles. The second kappa shape index (κ2) is 4.53. The quantitative estimate of drug-likeness (QED) is 0.320. The van der Waals surface area contributed by atoms with Crippen molar-refractivity contribution >= 4 is 24.1 Å². The van der Waals surface area contributed by atoms with Crippen LogP contribution in [0.1, 0.15) is 5.82 Å². The van der Waals surface area contributed by atoms with Crippen LogP contribution in [0.4, 0.5) is 0 Å². The minimum absolute atomic E-state index is 0.0699. The number of hydrogen-bond acceptors (Lipinski definition) is 6. The number of aliphatic carboxylic acids is 1. The van der Waals surface area contributed by atoms with Crippen molar-refractivity contribution in [1.82, 2.24) is 9.97 Å². The van der Waals surface area contributed by atoms with Gasteiger partial charge in [0.15, 0.2) is 5.82 Å². The summed E-state index contributed by atoms with van der Waals surface area (Å²) in [6.45, 7) is 0. The second-order valence-electron chi connectivity index (χ2n) is 2.60. The van der Waals surface area contributed by atoms with E-state index in [0.717, 1.165) is 18.6 Å². The summed E-state index contributed by atoms with van der Waals surface area (Å²) in [6, 6.07) is 0. The molecule has 0 aromatic carbocycles. The zero-order valence-corrected chi connectivity index (χ0v) is 7.53. The van der Waals surface area contributed by atoms with Gasteiger partial charge in [0.25, 0.3) is 0 Å². The molecule has 1 heterocycles. The van der Waals surface area contributed by atoms with Gasteiger partial charge in [0.05, 0.1) is 0 Å². The summed E-state index contributed by atoms with van der Waals surface area (Å²) in [5, 5.41) is 26.2.